The van der Waals surface area contributed by atoms with E-state index in [0.717, 1.165) is 22.3 Å². The van der Waals surface area contributed by atoms with E-state index < -0.39 is 0 Å². The van der Waals surface area contributed by atoms with Gasteiger partial charge in [-0.2, -0.15) is 0 Å². The molecule has 0 atom stereocenters. The molecule has 0 saturated heterocycles. The largest absolute Gasteiger partial charge is 0.264 e. The maximum atomic E-state index is 4.31. The standard InChI is InChI=1S/C48H32N2/c1-3-9-37(10-4-1)47-43-25-23-40(34-17-21-36(22-18-34)42-14-8-28-50-32-42)30-46(43)48(38-11-5-2-6-12-38)44-26-24-39(29-45(44)47)33-15-19-35(20-16-33)41-13-7-27-49-31-41/h1-32H. The average molecular weight is 637 g/mol. The molecule has 0 bridgehead atoms. The molecule has 0 aliphatic carbocycles. The van der Waals surface area contributed by atoms with Gasteiger partial charge in [0.1, 0.15) is 0 Å². The number of fused-ring (bicyclic) bond motifs is 2. The predicted octanol–water partition coefficient (Wildman–Crippen LogP) is 12.8. The quantitative estimate of drug-likeness (QED) is 0.170. The van der Waals surface area contributed by atoms with Gasteiger partial charge in [0.2, 0.25) is 0 Å². The van der Waals surface area contributed by atoms with Crippen LogP contribution in [0.25, 0.3) is 88.3 Å². The lowest BCUT2D eigenvalue weighted by atomic mass is 9.84. The molecule has 0 fully saturated rings. The molecule has 0 aliphatic heterocycles. The zero-order chi connectivity index (χ0) is 33.3. The van der Waals surface area contributed by atoms with Gasteiger partial charge in [-0.3, -0.25) is 9.97 Å². The average Bonchev–Trinajstić information content (AvgIpc) is 3.21. The number of benzene rings is 7. The predicted molar refractivity (Wildman–Crippen MR) is 210 cm³/mol. The fourth-order valence-corrected chi connectivity index (χ4v) is 7.20. The molecule has 234 valence electrons. The summed E-state index contributed by atoms with van der Waals surface area (Å²) in [6.45, 7) is 0. The minimum Gasteiger partial charge on any atom is -0.264 e. The number of pyridine rings is 2. The summed E-state index contributed by atoms with van der Waals surface area (Å²) in [5.41, 5.74) is 14.2. The van der Waals surface area contributed by atoms with Crippen LogP contribution in [0, 0.1) is 0 Å². The first-order valence-corrected chi connectivity index (χ1v) is 17.0. The Balaban J connectivity index is 1.26. The van der Waals surface area contributed by atoms with Gasteiger partial charge in [-0.15, -0.1) is 0 Å². The number of hydrogen-bond donors (Lipinski definition) is 0. The van der Waals surface area contributed by atoms with Gasteiger partial charge < -0.3 is 0 Å². The van der Waals surface area contributed by atoms with Crippen molar-refractivity contribution in [2.75, 3.05) is 0 Å². The second kappa shape index (κ2) is 12.8. The molecule has 2 aromatic heterocycles. The van der Waals surface area contributed by atoms with Crippen LogP contribution in [0.3, 0.4) is 0 Å². The minimum absolute atomic E-state index is 1.12. The molecule has 0 radical (unpaired) electrons. The maximum Gasteiger partial charge on any atom is 0.0346 e. The van der Waals surface area contributed by atoms with Crippen LogP contribution in [0.2, 0.25) is 0 Å². The van der Waals surface area contributed by atoms with E-state index in [9.17, 15) is 0 Å². The van der Waals surface area contributed by atoms with Gasteiger partial charge in [0.15, 0.2) is 0 Å². The number of hydrogen-bond acceptors (Lipinski definition) is 2. The molecule has 2 heterocycles. The first-order chi connectivity index (χ1) is 24.8. The maximum absolute atomic E-state index is 4.31. The Labute approximate surface area is 292 Å². The van der Waals surface area contributed by atoms with E-state index in [0.29, 0.717) is 0 Å². The molecule has 0 aliphatic rings. The molecular weight excluding hydrogens is 605 g/mol. The summed E-state index contributed by atoms with van der Waals surface area (Å²) >= 11 is 0. The van der Waals surface area contributed by atoms with Crippen molar-refractivity contribution in [3.8, 4) is 66.8 Å². The smallest absolute Gasteiger partial charge is 0.0346 e. The van der Waals surface area contributed by atoms with E-state index in [1.807, 2.05) is 36.9 Å². The second-order valence-corrected chi connectivity index (χ2v) is 12.6. The molecule has 0 spiro atoms. The van der Waals surface area contributed by atoms with Crippen molar-refractivity contribution < 1.29 is 0 Å². The van der Waals surface area contributed by atoms with Crippen LogP contribution in [0.1, 0.15) is 0 Å². The van der Waals surface area contributed by atoms with E-state index in [1.165, 1.54) is 66.1 Å². The highest BCUT2D eigenvalue weighted by atomic mass is 14.6. The lowest BCUT2D eigenvalue weighted by molar-refractivity contribution is 1.33. The molecule has 0 N–H and O–H groups in total. The first-order valence-electron chi connectivity index (χ1n) is 17.0. The van der Waals surface area contributed by atoms with Crippen molar-refractivity contribution in [2.45, 2.75) is 0 Å². The van der Waals surface area contributed by atoms with Crippen molar-refractivity contribution in [3.05, 3.63) is 195 Å². The first kappa shape index (κ1) is 29.5. The lowest BCUT2D eigenvalue weighted by Gasteiger charge is -2.20. The van der Waals surface area contributed by atoms with Gasteiger partial charge in [0.25, 0.3) is 0 Å². The van der Waals surface area contributed by atoms with Crippen molar-refractivity contribution in [2.24, 2.45) is 0 Å². The Kier molecular flexibility index (Phi) is 7.53. The van der Waals surface area contributed by atoms with E-state index in [-0.39, 0.29) is 0 Å². The van der Waals surface area contributed by atoms with Crippen LogP contribution in [-0.4, -0.2) is 9.97 Å². The van der Waals surface area contributed by atoms with Crippen LogP contribution in [0.4, 0.5) is 0 Å². The SMILES string of the molecule is c1ccc(-c2c3ccc(-c4ccc(-c5cccnc5)cc4)cc3c(-c3ccccc3)c3ccc(-c4ccc(-c5cccnc5)cc4)cc23)cc1. The van der Waals surface area contributed by atoms with Gasteiger partial charge in [-0.05, 0) is 113 Å². The molecule has 2 nitrogen and oxygen atoms in total. The van der Waals surface area contributed by atoms with Crippen LogP contribution < -0.4 is 0 Å². The summed E-state index contributed by atoms with van der Waals surface area (Å²) in [5, 5.41) is 4.96. The fourth-order valence-electron chi connectivity index (χ4n) is 7.20. The van der Waals surface area contributed by atoms with Crippen LogP contribution >= 0.6 is 0 Å². The highest BCUT2D eigenvalue weighted by Gasteiger charge is 2.18. The van der Waals surface area contributed by atoms with Gasteiger partial charge in [-0.25, -0.2) is 0 Å². The summed E-state index contributed by atoms with van der Waals surface area (Å²) in [5.74, 6) is 0. The monoisotopic (exact) mass is 636 g/mol. The summed E-state index contributed by atoms with van der Waals surface area (Å²) < 4.78 is 0. The molecule has 9 aromatic rings. The molecular formula is C48H32N2. The van der Waals surface area contributed by atoms with E-state index in [1.54, 1.807) is 0 Å². The topological polar surface area (TPSA) is 25.8 Å². The van der Waals surface area contributed by atoms with Crippen molar-refractivity contribution in [1.82, 2.24) is 9.97 Å². The zero-order valence-corrected chi connectivity index (χ0v) is 27.4. The third kappa shape index (κ3) is 5.43. The van der Waals surface area contributed by atoms with Crippen molar-refractivity contribution in [3.63, 3.8) is 0 Å². The van der Waals surface area contributed by atoms with Gasteiger partial charge in [0, 0.05) is 24.8 Å². The van der Waals surface area contributed by atoms with Crippen molar-refractivity contribution in [1.29, 1.82) is 0 Å². The summed E-state index contributed by atoms with van der Waals surface area (Å²) in [6, 6.07) is 61.4. The molecule has 9 rings (SSSR count). The van der Waals surface area contributed by atoms with E-state index >= 15 is 0 Å². The molecule has 50 heavy (non-hydrogen) atoms. The molecule has 7 aromatic carbocycles. The van der Waals surface area contributed by atoms with Gasteiger partial charge >= 0.3 is 0 Å². The minimum atomic E-state index is 1.12. The highest BCUT2D eigenvalue weighted by molar-refractivity contribution is 6.22. The third-order valence-electron chi connectivity index (χ3n) is 9.67. The molecule has 2 heteroatoms. The van der Waals surface area contributed by atoms with E-state index in [4.69, 9.17) is 0 Å². The van der Waals surface area contributed by atoms with Crippen LogP contribution in [-0.2, 0) is 0 Å². The zero-order valence-electron chi connectivity index (χ0n) is 27.4. The van der Waals surface area contributed by atoms with E-state index in [2.05, 4.69) is 168 Å². The fraction of sp³-hybridized carbons (Fsp3) is 0. The number of rotatable bonds is 6. The second-order valence-electron chi connectivity index (χ2n) is 12.6. The van der Waals surface area contributed by atoms with Crippen LogP contribution in [0.5, 0.6) is 0 Å². The third-order valence-corrected chi connectivity index (χ3v) is 9.67. The Morgan fingerprint density at radius 2 is 0.580 bits per heavy atom. The van der Waals surface area contributed by atoms with Crippen molar-refractivity contribution >= 4 is 21.5 Å². The summed E-state index contributed by atoms with van der Waals surface area (Å²) in [7, 11) is 0. The van der Waals surface area contributed by atoms with Gasteiger partial charge in [0.05, 0.1) is 0 Å². The summed E-state index contributed by atoms with van der Waals surface area (Å²) in [6.07, 6.45) is 7.45. The molecule has 0 saturated carbocycles. The summed E-state index contributed by atoms with van der Waals surface area (Å²) in [4.78, 5) is 8.62. The molecule has 0 amide bonds. The van der Waals surface area contributed by atoms with Crippen LogP contribution in [0.15, 0.2) is 195 Å². The Morgan fingerprint density at radius 3 is 0.940 bits per heavy atom. The molecule has 0 unspecified atom stereocenters. The number of nitrogens with zero attached hydrogens (tertiary/aromatic N) is 2. The Bertz CT molecular complexity index is 2390. The highest BCUT2D eigenvalue weighted by Crippen LogP contribution is 2.46. The lowest BCUT2D eigenvalue weighted by Crippen LogP contribution is -1.92. The normalized spacial score (nSPS) is 11.2. The Morgan fingerprint density at radius 1 is 0.240 bits per heavy atom. The van der Waals surface area contributed by atoms with Gasteiger partial charge in [-0.1, -0.05) is 146 Å². The number of aromatic nitrogens is 2. The Hall–Kier alpha value is -6.64.